The Hall–Kier alpha value is -0.910. The summed E-state index contributed by atoms with van der Waals surface area (Å²) in [6.07, 6.45) is 6.72. The molecule has 1 fully saturated rings. The number of hydrogen-bond donors (Lipinski definition) is 1. The molecule has 1 aromatic rings. The number of nitrogens with two attached hydrogens (primary N) is 1. The van der Waals surface area contributed by atoms with Crippen LogP contribution in [-0.4, -0.2) is 47.3 Å². The van der Waals surface area contributed by atoms with Crippen LogP contribution in [0.25, 0.3) is 0 Å². The van der Waals surface area contributed by atoms with Crippen LogP contribution in [0.1, 0.15) is 18.5 Å². The van der Waals surface area contributed by atoms with Gasteiger partial charge in [0, 0.05) is 39.5 Å². The summed E-state index contributed by atoms with van der Waals surface area (Å²) < 4.78 is 7.47. The van der Waals surface area contributed by atoms with Gasteiger partial charge in [-0.1, -0.05) is 0 Å². The van der Waals surface area contributed by atoms with E-state index in [0.717, 1.165) is 31.9 Å². The third-order valence-corrected chi connectivity index (χ3v) is 3.26. The Morgan fingerprint density at radius 3 is 3.24 bits per heavy atom. The van der Waals surface area contributed by atoms with Crippen LogP contribution in [0.5, 0.6) is 0 Å². The molecule has 2 rings (SSSR count). The zero-order valence-corrected chi connectivity index (χ0v) is 10.5. The maximum absolute atomic E-state index is 5.51. The summed E-state index contributed by atoms with van der Waals surface area (Å²) in [4.78, 5) is 6.81. The summed E-state index contributed by atoms with van der Waals surface area (Å²) in [5, 5.41) is 0. The van der Waals surface area contributed by atoms with E-state index in [9.17, 15) is 0 Å². The highest BCUT2D eigenvalue weighted by Crippen LogP contribution is 2.14. The van der Waals surface area contributed by atoms with Crippen molar-refractivity contribution in [1.82, 2.24) is 14.5 Å². The molecule has 1 atom stereocenters. The van der Waals surface area contributed by atoms with Gasteiger partial charge in [-0.3, -0.25) is 4.90 Å². The van der Waals surface area contributed by atoms with Gasteiger partial charge in [-0.25, -0.2) is 4.98 Å². The van der Waals surface area contributed by atoms with Crippen LogP contribution in [0.3, 0.4) is 0 Å². The van der Waals surface area contributed by atoms with Gasteiger partial charge in [0.2, 0.25) is 0 Å². The zero-order valence-electron chi connectivity index (χ0n) is 10.5. The minimum atomic E-state index is 0.384. The van der Waals surface area contributed by atoms with Crippen molar-refractivity contribution in [3.63, 3.8) is 0 Å². The monoisotopic (exact) mass is 238 g/mol. The van der Waals surface area contributed by atoms with Gasteiger partial charge < -0.3 is 15.0 Å². The molecule has 1 aromatic heterocycles. The van der Waals surface area contributed by atoms with E-state index in [1.807, 2.05) is 10.9 Å². The molecule has 0 radical (unpaired) electrons. The number of hydrogen-bond acceptors (Lipinski definition) is 4. The molecule has 1 unspecified atom stereocenters. The third-order valence-electron chi connectivity index (χ3n) is 3.26. The number of ether oxygens (including phenoxy) is 1. The summed E-state index contributed by atoms with van der Waals surface area (Å²) in [5.74, 6) is 0. The predicted octanol–water partition coefficient (Wildman–Crippen LogP) is 0.453. The first-order valence-corrected chi connectivity index (χ1v) is 6.27. The highest BCUT2D eigenvalue weighted by molar-refractivity contribution is 4.97. The molecule has 2 N–H and O–H groups in total. The van der Waals surface area contributed by atoms with Gasteiger partial charge in [0.05, 0.1) is 18.1 Å². The Bertz CT molecular complexity index is 339. The molecule has 0 spiro atoms. The normalized spacial score (nSPS) is 21.9. The molecule has 5 heteroatoms. The fourth-order valence-corrected chi connectivity index (χ4v) is 2.34. The Morgan fingerprint density at radius 1 is 1.59 bits per heavy atom. The first kappa shape index (κ1) is 12.5. The Balaban J connectivity index is 1.86. The van der Waals surface area contributed by atoms with Gasteiger partial charge in [0.1, 0.15) is 0 Å². The predicted molar refractivity (Wildman–Crippen MR) is 66.6 cm³/mol. The molecular weight excluding hydrogens is 216 g/mol. The molecule has 5 nitrogen and oxygen atoms in total. The number of likely N-dealkylation sites (tertiary alicyclic amines) is 1. The molecule has 0 saturated carbocycles. The van der Waals surface area contributed by atoms with Crippen molar-refractivity contribution in [2.75, 3.05) is 26.7 Å². The van der Waals surface area contributed by atoms with Crippen molar-refractivity contribution in [3.8, 4) is 0 Å². The average molecular weight is 238 g/mol. The van der Waals surface area contributed by atoms with E-state index >= 15 is 0 Å². The van der Waals surface area contributed by atoms with Crippen molar-refractivity contribution in [3.05, 3.63) is 18.2 Å². The molecule has 17 heavy (non-hydrogen) atoms. The Morgan fingerprint density at radius 2 is 2.47 bits per heavy atom. The zero-order chi connectivity index (χ0) is 12.1. The van der Waals surface area contributed by atoms with E-state index in [-0.39, 0.29) is 0 Å². The molecule has 96 valence electrons. The van der Waals surface area contributed by atoms with Crippen LogP contribution >= 0.6 is 0 Å². The summed E-state index contributed by atoms with van der Waals surface area (Å²) in [7, 11) is 1.80. The van der Waals surface area contributed by atoms with Gasteiger partial charge in [0.25, 0.3) is 0 Å². The largest absolute Gasteiger partial charge is 0.380 e. The second kappa shape index (κ2) is 6.14. The molecule has 0 amide bonds. The second-order valence-electron chi connectivity index (χ2n) is 4.63. The van der Waals surface area contributed by atoms with Gasteiger partial charge in [-0.05, 0) is 19.4 Å². The van der Waals surface area contributed by atoms with Crippen LogP contribution in [0.4, 0.5) is 0 Å². The number of imidazole rings is 1. The molecular formula is C12H22N4O. The van der Waals surface area contributed by atoms with E-state index in [1.54, 1.807) is 7.11 Å². The van der Waals surface area contributed by atoms with Crippen molar-refractivity contribution in [2.45, 2.75) is 32.0 Å². The second-order valence-corrected chi connectivity index (χ2v) is 4.63. The topological polar surface area (TPSA) is 56.3 Å². The summed E-state index contributed by atoms with van der Waals surface area (Å²) >= 11 is 0. The summed E-state index contributed by atoms with van der Waals surface area (Å²) in [6, 6.07) is 0. The van der Waals surface area contributed by atoms with Crippen molar-refractivity contribution >= 4 is 0 Å². The van der Waals surface area contributed by atoms with E-state index in [2.05, 4.69) is 16.1 Å². The van der Waals surface area contributed by atoms with E-state index in [4.69, 9.17) is 10.5 Å². The summed E-state index contributed by atoms with van der Waals surface area (Å²) in [5.41, 5.74) is 6.64. The lowest BCUT2D eigenvalue weighted by molar-refractivity contribution is 0.0282. The van der Waals surface area contributed by atoms with Crippen LogP contribution in [0.2, 0.25) is 0 Å². The molecule has 1 aliphatic heterocycles. The van der Waals surface area contributed by atoms with Gasteiger partial charge in [-0.2, -0.15) is 0 Å². The Kier molecular flexibility index (Phi) is 4.53. The number of nitrogens with zero attached hydrogens (tertiary/aromatic N) is 3. The lowest BCUT2D eigenvalue weighted by Gasteiger charge is -2.31. The van der Waals surface area contributed by atoms with Crippen molar-refractivity contribution in [2.24, 2.45) is 5.73 Å². The fraction of sp³-hybridized carbons (Fsp3) is 0.750. The maximum atomic E-state index is 5.51. The van der Waals surface area contributed by atoms with Gasteiger partial charge in [-0.15, -0.1) is 0 Å². The molecule has 0 aromatic carbocycles. The fourth-order valence-electron chi connectivity index (χ4n) is 2.34. The summed E-state index contributed by atoms with van der Waals surface area (Å²) in [6.45, 7) is 4.57. The molecule has 1 aliphatic rings. The third kappa shape index (κ3) is 3.52. The average Bonchev–Trinajstić information content (AvgIpc) is 2.77. The smallest absolute Gasteiger partial charge is 0.0950 e. The highest BCUT2D eigenvalue weighted by Gasteiger charge is 2.19. The first-order valence-electron chi connectivity index (χ1n) is 6.27. The number of methoxy groups -OCH3 is 1. The molecule has 0 bridgehead atoms. The number of piperidine rings is 1. The van der Waals surface area contributed by atoms with E-state index < -0.39 is 0 Å². The van der Waals surface area contributed by atoms with Crippen LogP contribution in [-0.2, 0) is 17.8 Å². The van der Waals surface area contributed by atoms with Gasteiger partial charge in [0.15, 0.2) is 0 Å². The van der Waals surface area contributed by atoms with Crippen LogP contribution < -0.4 is 5.73 Å². The standard InChI is InChI=1S/C12H22N4O/c1-17-12-3-2-5-15(9-12)7-11-8-16(6-4-13)10-14-11/h8,10,12H,2-7,9,13H2,1H3. The highest BCUT2D eigenvalue weighted by atomic mass is 16.5. The minimum Gasteiger partial charge on any atom is -0.380 e. The SMILES string of the molecule is COC1CCCN(Cc2cn(CCN)cn2)C1. The van der Waals surface area contributed by atoms with Crippen LogP contribution in [0, 0.1) is 0 Å². The molecule has 2 heterocycles. The van der Waals surface area contributed by atoms with Gasteiger partial charge >= 0.3 is 0 Å². The number of aromatic nitrogens is 2. The molecule has 0 aliphatic carbocycles. The lowest BCUT2D eigenvalue weighted by Crippen LogP contribution is -2.38. The quantitative estimate of drug-likeness (QED) is 0.809. The Labute approximate surface area is 103 Å². The minimum absolute atomic E-state index is 0.384. The lowest BCUT2D eigenvalue weighted by atomic mass is 10.1. The maximum Gasteiger partial charge on any atom is 0.0950 e. The van der Waals surface area contributed by atoms with E-state index in [1.165, 1.54) is 12.8 Å². The van der Waals surface area contributed by atoms with Crippen molar-refractivity contribution < 1.29 is 4.74 Å². The van der Waals surface area contributed by atoms with Crippen LogP contribution in [0.15, 0.2) is 12.5 Å². The molecule has 1 saturated heterocycles. The van der Waals surface area contributed by atoms with Crippen molar-refractivity contribution in [1.29, 1.82) is 0 Å². The van der Waals surface area contributed by atoms with E-state index in [0.29, 0.717) is 12.6 Å². The number of rotatable bonds is 5. The first-order chi connectivity index (χ1) is 8.31.